The Kier molecular flexibility index (Phi) is 3.75. The molecule has 2 N–H and O–H groups in total. The van der Waals surface area contributed by atoms with Crippen LogP contribution in [0, 0.1) is 11.3 Å². The maximum atomic E-state index is 6.82. The summed E-state index contributed by atoms with van der Waals surface area (Å²) < 4.78 is 0. The second kappa shape index (κ2) is 4.86. The van der Waals surface area contributed by atoms with Crippen molar-refractivity contribution < 1.29 is 0 Å². The fourth-order valence-electron chi connectivity index (χ4n) is 3.53. The van der Waals surface area contributed by atoms with Crippen LogP contribution in [-0.2, 0) is 5.54 Å². The second-order valence-corrected chi connectivity index (χ2v) is 7.15. The topological polar surface area (TPSA) is 26.0 Å². The predicted molar refractivity (Wildman–Crippen MR) is 78.7 cm³/mol. The van der Waals surface area contributed by atoms with E-state index in [1.807, 2.05) is 18.2 Å². The van der Waals surface area contributed by atoms with Gasteiger partial charge in [-0.2, -0.15) is 0 Å². The summed E-state index contributed by atoms with van der Waals surface area (Å²) in [7, 11) is 0. The Balaban J connectivity index is 2.42. The van der Waals surface area contributed by atoms with Gasteiger partial charge >= 0.3 is 0 Å². The van der Waals surface area contributed by atoms with Gasteiger partial charge < -0.3 is 5.73 Å². The second-order valence-electron chi connectivity index (χ2n) is 6.72. The summed E-state index contributed by atoms with van der Waals surface area (Å²) in [6.45, 7) is 6.90. The van der Waals surface area contributed by atoms with Crippen LogP contribution in [0.15, 0.2) is 24.3 Å². The van der Waals surface area contributed by atoms with Crippen LogP contribution in [0.2, 0.25) is 5.02 Å². The van der Waals surface area contributed by atoms with Crippen molar-refractivity contribution in [2.45, 2.75) is 52.0 Å². The number of hydrogen-bond acceptors (Lipinski definition) is 1. The Morgan fingerprint density at radius 3 is 2.61 bits per heavy atom. The summed E-state index contributed by atoms with van der Waals surface area (Å²) in [5.41, 5.74) is 8.04. The normalized spacial score (nSPS) is 29.3. The van der Waals surface area contributed by atoms with Crippen LogP contribution in [0.5, 0.6) is 0 Å². The Hall–Kier alpha value is -0.530. The zero-order valence-electron chi connectivity index (χ0n) is 11.7. The molecule has 1 aromatic carbocycles. The third-order valence-corrected chi connectivity index (χ3v) is 4.60. The molecule has 0 aliphatic heterocycles. The summed E-state index contributed by atoms with van der Waals surface area (Å²) in [5, 5.41) is 0.788. The number of nitrogens with two attached hydrogens (primary N) is 1. The molecule has 0 saturated heterocycles. The molecule has 1 saturated carbocycles. The van der Waals surface area contributed by atoms with E-state index >= 15 is 0 Å². The fraction of sp³-hybridized carbons (Fsp3) is 0.625. The van der Waals surface area contributed by atoms with Crippen molar-refractivity contribution in [2.75, 3.05) is 0 Å². The lowest BCUT2D eigenvalue weighted by Gasteiger charge is -2.48. The average Bonchev–Trinajstić information content (AvgIpc) is 2.28. The van der Waals surface area contributed by atoms with Gasteiger partial charge in [0.05, 0.1) is 0 Å². The third kappa shape index (κ3) is 2.57. The largest absolute Gasteiger partial charge is 0.321 e. The monoisotopic (exact) mass is 265 g/mol. The molecular formula is C16H24ClN. The van der Waals surface area contributed by atoms with Gasteiger partial charge in [0.1, 0.15) is 0 Å². The SMILES string of the molecule is CC(C)(C)C1CCCCC1(N)c1cccc(Cl)c1. The Labute approximate surface area is 116 Å². The number of hydrogen-bond donors (Lipinski definition) is 1. The fourth-order valence-corrected chi connectivity index (χ4v) is 3.72. The maximum absolute atomic E-state index is 6.82. The quantitative estimate of drug-likeness (QED) is 0.780. The predicted octanol–water partition coefficient (Wildman–Crippen LogP) is 4.73. The van der Waals surface area contributed by atoms with E-state index < -0.39 is 0 Å². The van der Waals surface area contributed by atoms with Crippen LogP contribution in [0.4, 0.5) is 0 Å². The van der Waals surface area contributed by atoms with Gasteiger partial charge in [0.25, 0.3) is 0 Å². The standard InChI is InChI=1S/C16H24ClN/c1-15(2,3)14-9-4-5-10-16(14,18)12-7-6-8-13(17)11-12/h6-8,11,14H,4-5,9-10,18H2,1-3H3. The highest BCUT2D eigenvalue weighted by molar-refractivity contribution is 6.30. The maximum Gasteiger partial charge on any atom is 0.0443 e. The minimum absolute atomic E-state index is 0.221. The smallest absolute Gasteiger partial charge is 0.0443 e. The molecular weight excluding hydrogens is 242 g/mol. The van der Waals surface area contributed by atoms with E-state index in [1.54, 1.807) is 0 Å². The van der Waals surface area contributed by atoms with Crippen molar-refractivity contribution in [3.8, 4) is 0 Å². The molecule has 1 nitrogen and oxygen atoms in total. The summed E-state index contributed by atoms with van der Waals surface area (Å²) in [5.74, 6) is 0.511. The number of benzene rings is 1. The lowest BCUT2D eigenvalue weighted by atomic mass is 9.60. The molecule has 1 fully saturated rings. The van der Waals surface area contributed by atoms with E-state index in [2.05, 4.69) is 26.8 Å². The molecule has 1 aromatic rings. The van der Waals surface area contributed by atoms with Crippen molar-refractivity contribution in [1.82, 2.24) is 0 Å². The van der Waals surface area contributed by atoms with Crippen LogP contribution < -0.4 is 5.73 Å². The Bertz CT molecular complexity index is 421. The van der Waals surface area contributed by atoms with Gasteiger partial charge in [-0.25, -0.2) is 0 Å². The van der Waals surface area contributed by atoms with Crippen LogP contribution in [0.1, 0.15) is 52.0 Å². The van der Waals surface area contributed by atoms with Gasteiger partial charge in [0.2, 0.25) is 0 Å². The minimum Gasteiger partial charge on any atom is -0.321 e. The molecule has 2 rings (SSSR count). The first-order valence-corrected chi connectivity index (χ1v) is 7.27. The lowest BCUT2D eigenvalue weighted by molar-refractivity contribution is 0.0778. The molecule has 0 bridgehead atoms. The molecule has 0 spiro atoms. The first-order chi connectivity index (χ1) is 8.34. The van der Waals surface area contributed by atoms with E-state index in [1.165, 1.54) is 24.8 Å². The van der Waals surface area contributed by atoms with Crippen LogP contribution in [-0.4, -0.2) is 0 Å². The summed E-state index contributed by atoms with van der Waals surface area (Å²) in [6.07, 6.45) is 4.79. The van der Waals surface area contributed by atoms with Crippen molar-refractivity contribution >= 4 is 11.6 Å². The van der Waals surface area contributed by atoms with Crippen LogP contribution >= 0.6 is 11.6 Å². The highest BCUT2D eigenvalue weighted by Gasteiger charge is 2.44. The van der Waals surface area contributed by atoms with E-state index in [4.69, 9.17) is 17.3 Å². The van der Waals surface area contributed by atoms with E-state index in [-0.39, 0.29) is 11.0 Å². The Morgan fingerprint density at radius 1 is 1.28 bits per heavy atom. The zero-order valence-corrected chi connectivity index (χ0v) is 12.4. The summed E-state index contributed by atoms with van der Waals surface area (Å²) in [6, 6.07) is 8.12. The van der Waals surface area contributed by atoms with Gasteiger partial charge in [0.15, 0.2) is 0 Å². The van der Waals surface area contributed by atoms with E-state index in [9.17, 15) is 0 Å². The number of halogens is 1. The van der Waals surface area contributed by atoms with Gasteiger partial charge in [-0.3, -0.25) is 0 Å². The first kappa shape index (κ1) is 13.9. The first-order valence-electron chi connectivity index (χ1n) is 6.89. The molecule has 100 valence electrons. The molecule has 1 aliphatic rings. The highest BCUT2D eigenvalue weighted by Crippen LogP contribution is 2.48. The van der Waals surface area contributed by atoms with Gasteiger partial charge in [-0.05, 0) is 41.9 Å². The van der Waals surface area contributed by atoms with Crippen LogP contribution in [0.3, 0.4) is 0 Å². The third-order valence-electron chi connectivity index (χ3n) is 4.36. The molecule has 18 heavy (non-hydrogen) atoms. The molecule has 0 heterocycles. The summed E-state index contributed by atoms with van der Waals surface area (Å²) in [4.78, 5) is 0. The van der Waals surface area contributed by atoms with E-state index in [0.717, 1.165) is 11.4 Å². The molecule has 0 aromatic heterocycles. The lowest BCUT2D eigenvalue weighted by Crippen LogP contribution is -2.51. The Morgan fingerprint density at radius 2 is 2.00 bits per heavy atom. The average molecular weight is 266 g/mol. The van der Waals surface area contributed by atoms with Crippen molar-refractivity contribution in [3.05, 3.63) is 34.9 Å². The number of rotatable bonds is 1. The molecule has 0 amide bonds. The molecule has 0 radical (unpaired) electrons. The van der Waals surface area contributed by atoms with Crippen molar-refractivity contribution in [3.63, 3.8) is 0 Å². The highest BCUT2D eigenvalue weighted by atomic mass is 35.5. The molecule has 2 heteroatoms. The van der Waals surface area contributed by atoms with Crippen molar-refractivity contribution in [2.24, 2.45) is 17.1 Å². The molecule has 2 unspecified atom stereocenters. The molecule has 1 aliphatic carbocycles. The summed E-state index contributed by atoms with van der Waals surface area (Å²) >= 11 is 6.13. The van der Waals surface area contributed by atoms with Gasteiger partial charge in [0, 0.05) is 10.6 Å². The minimum atomic E-state index is -0.221. The van der Waals surface area contributed by atoms with Gasteiger partial charge in [-0.1, -0.05) is 57.3 Å². The van der Waals surface area contributed by atoms with Crippen molar-refractivity contribution in [1.29, 1.82) is 0 Å². The van der Waals surface area contributed by atoms with Crippen LogP contribution in [0.25, 0.3) is 0 Å². The van der Waals surface area contributed by atoms with E-state index in [0.29, 0.717) is 5.92 Å². The zero-order chi connectivity index (χ0) is 13.4. The molecule has 2 atom stereocenters. The van der Waals surface area contributed by atoms with Gasteiger partial charge in [-0.15, -0.1) is 0 Å².